The highest BCUT2D eigenvalue weighted by atomic mass is 32.1. The molecule has 0 fully saturated rings. The number of nitrogens with zero attached hydrogens (tertiary/aromatic N) is 2. The first-order chi connectivity index (χ1) is 9.00. The summed E-state index contributed by atoms with van der Waals surface area (Å²) in [6.45, 7) is 4.93. The number of benzene rings is 1. The molecule has 0 bridgehead atoms. The maximum absolute atomic E-state index is 5.82. The van der Waals surface area contributed by atoms with Crippen LogP contribution in [0.25, 0.3) is 0 Å². The normalized spacial score (nSPS) is 10.5. The first-order valence-electron chi connectivity index (χ1n) is 6.00. The van der Waals surface area contributed by atoms with Crippen molar-refractivity contribution in [1.82, 2.24) is 4.98 Å². The zero-order valence-corrected chi connectivity index (χ0v) is 12.9. The van der Waals surface area contributed by atoms with Crippen molar-refractivity contribution in [3.8, 4) is 0 Å². The highest BCUT2D eigenvalue weighted by Crippen LogP contribution is 2.27. The summed E-state index contributed by atoms with van der Waals surface area (Å²) in [6, 6.07) is 6.03. The van der Waals surface area contributed by atoms with Gasteiger partial charge in [0.15, 0.2) is 0 Å². The fraction of sp³-hybridized carbons (Fsp3) is 0.286. The van der Waals surface area contributed by atoms with E-state index in [9.17, 15) is 0 Å². The molecule has 2 N–H and O–H groups in total. The Morgan fingerprint density at radius 2 is 2.16 bits per heavy atom. The Hall–Kier alpha value is -1.46. The number of aryl methyl sites for hydroxylation is 2. The number of hydrogen-bond acceptors (Lipinski definition) is 4. The van der Waals surface area contributed by atoms with Crippen molar-refractivity contribution in [2.75, 3.05) is 11.9 Å². The molecule has 1 aromatic carbocycles. The summed E-state index contributed by atoms with van der Waals surface area (Å²) in [7, 11) is 2.06. The molecule has 0 saturated heterocycles. The van der Waals surface area contributed by atoms with Gasteiger partial charge >= 0.3 is 0 Å². The van der Waals surface area contributed by atoms with Gasteiger partial charge in [0.25, 0.3) is 0 Å². The maximum Gasteiger partial charge on any atom is 0.106 e. The minimum atomic E-state index is 0.437. The molecule has 0 unspecified atom stereocenters. The number of anilines is 1. The van der Waals surface area contributed by atoms with Crippen molar-refractivity contribution in [2.45, 2.75) is 20.4 Å². The van der Waals surface area contributed by atoms with Gasteiger partial charge in [-0.1, -0.05) is 24.4 Å². The standard InChI is InChI=1S/C14H17N3S2/c1-9-5-4-6-11(14(15)18)13(9)17(3)7-12-10(2)16-8-19-12/h4-6,8H,7H2,1-3H3,(H2,15,18). The van der Waals surface area contributed by atoms with Crippen LogP contribution < -0.4 is 10.6 Å². The molecule has 0 amide bonds. The van der Waals surface area contributed by atoms with Crippen LogP contribution in [0.15, 0.2) is 23.7 Å². The molecule has 0 aliphatic carbocycles. The molecule has 1 heterocycles. The van der Waals surface area contributed by atoms with E-state index in [1.165, 1.54) is 10.4 Å². The van der Waals surface area contributed by atoms with E-state index in [0.717, 1.165) is 23.5 Å². The Labute approximate surface area is 123 Å². The van der Waals surface area contributed by atoms with Crippen LogP contribution in [0.1, 0.15) is 21.7 Å². The second-order valence-corrected chi connectivity index (χ2v) is 5.93. The van der Waals surface area contributed by atoms with Crippen LogP contribution in [0.3, 0.4) is 0 Å². The van der Waals surface area contributed by atoms with Crippen LogP contribution in [0.2, 0.25) is 0 Å². The highest BCUT2D eigenvalue weighted by molar-refractivity contribution is 7.80. The van der Waals surface area contributed by atoms with E-state index in [4.69, 9.17) is 18.0 Å². The number of thiocarbonyl (C=S) groups is 1. The second-order valence-electron chi connectivity index (χ2n) is 4.55. The van der Waals surface area contributed by atoms with Crippen LogP contribution in [-0.4, -0.2) is 17.0 Å². The molecule has 0 saturated carbocycles. The zero-order chi connectivity index (χ0) is 14.0. The lowest BCUT2D eigenvalue weighted by molar-refractivity contribution is 0.919. The van der Waals surface area contributed by atoms with Crippen molar-refractivity contribution in [1.29, 1.82) is 0 Å². The molecule has 5 heteroatoms. The summed E-state index contributed by atoms with van der Waals surface area (Å²) >= 11 is 6.82. The third-order valence-corrected chi connectivity index (χ3v) is 4.25. The Balaban J connectivity index is 2.36. The SMILES string of the molecule is Cc1cccc(C(N)=S)c1N(C)Cc1scnc1C. The van der Waals surface area contributed by atoms with Gasteiger partial charge < -0.3 is 10.6 Å². The lowest BCUT2D eigenvalue weighted by Crippen LogP contribution is -2.22. The van der Waals surface area contributed by atoms with Crippen molar-refractivity contribution in [3.63, 3.8) is 0 Å². The average molecular weight is 291 g/mol. The molecule has 100 valence electrons. The van der Waals surface area contributed by atoms with Crippen LogP contribution in [-0.2, 0) is 6.54 Å². The molecule has 0 spiro atoms. The molecule has 0 aliphatic rings. The Kier molecular flexibility index (Phi) is 4.17. The lowest BCUT2D eigenvalue weighted by atomic mass is 10.1. The zero-order valence-electron chi connectivity index (χ0n) is 11.3. The lowest BCUT2D eigenvalue weighted by Gasteiger charge is -2.24. The van der Waals surface area contributed by atoms with Gasteiger partial charge in [0, 0.05) is 23.2 Å². The predicted molar refractivity (Wildman–Crippen MR) is 86.0 cm³/mol. The summed E-state index contributed by atoms with van der Waals surface area (Å²) in [6.07, 6.45) is 0. The fourth-order valence-corrected chi connectivity index (χ4v) is 3.13. The first kappa shape index (κ1) is 14.0. The molecule has 2 rings (SSSR count). The van der Waals surface area contributed by atoms with Gasteiger partial charge in [0.2, 0.25) is 0 Å². The maximum atomic E-state index is 5.82. The van der Waals surface area contributed by atoms with Crippen LogP contribution in [0.5, 0.6) is 0 Å². The van der Waals surface area contributed by atoms with Gasteiger partial charge in [-0.2, -0.15) is 0 Å². The van der Waals surface area contributed by atoms with E-state index in [1.54, 1.807) is 11.3 Å². The van der Waals surface area contributed by atoms with Gasteiger partial charge in [-0.15, -0.1) is 11.3 Å². The van der Waals surface area contributed by atoms with Gasteiger partial charge in [-0.3, -0.25) is 0 Å². The topological polar surface area (TPSA) is 42.1 Å². The molecule has 0 radical (unpaired) electrons. The second kappa shape index (κ2) is 5.67. The van der Waals surface area contributed by atoms with Crippen LogP contribution >= 0.6 is 23.6 Å². The summed E-state index contributed by atoms with van der Waals surface area (Å²) in [5, 5.41) is 0. The Morgan fingerprint density at radius 1 is 1.42 bits per heavy atom. The highest BCUT2D eigenvalue weighted by Gasteiger charge is 2.14. The number of hydrogen-bond donors (Lipinski definition) is 1. The average Bonchev–Trinajstić information content (AvgIpc) is 2.74. The van der Waals surface area contributed by atoms with Crippen molar-refractivity contribution in [2.24, 2.45) is 5.73 Å². The number of rotatable bonds is 4. The summed E-state index contributed by atoms with van der Waals surface area (Å²) in [5.74, 6) is 0. The molecule has 2 aromatic rings. The van der Waals surface area contributed by atoms with Crippen LogP contribution in [0.4, 0.5) is 5.69 Å². The van der Waals surface area contributed by atoms with E-state index in [0.29, 0.717) is 4.99 Å². The Morgan fingerprint density at radius 3 is 2.74 bits per heavy atom. The predicted octanol–water partition coefficient (Wildman–Crippen LogP) is 3.03. The van der Waals surface area contributed by atoms with Crippen molar-refractivity contribution in [3.05, 3.63) is 45.4 Å². The molecule has 3 nitrogen and oxygen atoms in total. The smallest absolute Gasteiger partial charge is 0.106 e. The summed E-state index contributed by atoms with van der Waals surface area (Å²) in [5.41, 5.74) is 12.0. The minimum Gasteiger partial charge on any atom is -0.389 e. The molecule has 0 aliphatic heterocycles. The van der Waals surface area contributed by atoms with E-state index < -0.39 is 0 Å². The number of para-hydroxylation sites is 1. The van der Waals surface area contributed by atoms with Crippen LogP contribution in [0, 0.1) is 13.8 Å². The number of thiazole rings is 1. The number of aromatic nitrogens is 1. The molecule has 1 aromatic heterocycles. The van der Waals surface area contributed by atoms with E-state index in [2.05, 4.69) is 29.9 Å². The molecular weight excluding hydrogens is 274 g/mol. The monoisotopic (exact) mass is 291 g/mol. The first-order valence-corrected chi connectivity index (χ1v) is 7.29. The van der Waals surface area contributed by atoms with E-state index in [1.807, 2.05) is 24.6 Å². The van der Waals surface area contributed by atoms with Crippen molar-refractivity contribution >= 4 is 34.2 Å². The fourth-order valence-electron chi connectivity index (χ4n) is 2.14. The minimum absolute atomic E-state index is 0.437. The third kappa shape index (κ3) is 2.93. The molecular formula is C14H17N3S2. The van der Waals surface area contributed by atoms with E-state index in [-0.39, 0.29) is 0 Å². The quantitative estimate of drug-likeness (QED) is 0.879. The number of nitrogens with two attached hydrogens (primary N) is 1. The molecule has 0 atom stereocenters. The van der Waals surface area contributed by atoms with Gasteiger partial charge in [-0.05, 0) is 25.5 Å². The summed E-state index contributed by atoms with van der Waals surface area (Å²) in [4.78, 5) is 8.17. The van der Waals surface area contributed by atoms with Crippen molar-refractivity contribution < 1.29 is 0 Å². The van der Waals surface area contributed by atoms with Gasteiger partial charge in [0.05, 0.1) is 17.7 Å². The summed E-state index contributed by atoms with van der Waals surface area (Å²) < 4.78 is 0. The molecule has 19 heavy (non-hydrogen) atoms. The largest absolute Gasteiger partial charge is 0.389 e. The van der Waals surface area contributed by atoms with Gasteiger partial charge in [-0.25, -0.2) is 4.98 Å². The third-order valence-electron chi connectivity index (χ3n) is 3.11. The van der Waals surface area contributed by atoms with E-state index >= 15 is 0 Å². The Bertz CT molecular complexity index is 604. The van der Waals surface area contributed by atoms with Gasteiger partial charge in [0.1, 0.15) is 4.99 Å².